The largest absolute Gasteiger partial charge is 0.307 e. The van der Waals surface area contributed by atoms with Crippen molar-refractivity contribution in [3.05, 3.63) is 70.8 Å². The average Bonchev–Trinajstić information content (AvgIpc) is 3.24. The van der Waals surface area contributed by atoms with E-state index >= 15 is 0 Å². The number of amides is 1. The van der Waals surface area contributed by atoms with Crippen LogP contribution in [0.1, 0.15) is 10.6 Å². The molecule has 0 radical (unpaired) electrons. The second-order valence-electron chi connectivity index (χ2n) is 4.87. The zero-order valence-corrected chi connectivity index (χ0v) is 13.2. The summed E-state index contributed by atoms with van der Waals surface area (Å²) in [5, 5.41) is 9.78. The van der Waals surface area contributed by atoms with Crippen molar-refractivity contribution < 1.29 is 4.79 Å². The fraction of sp³-hybridized carbons (Fsp3) is 0.118. The van der Waals surface area contributed by atoms with Crippen molar-refractivity contribution in [1.29, 1.82) is 0 Å². The number of carbonyl (C=O) groups is 1. The SMILES string of the molecule is O=C(C=Cc1nccs1)Nc1ccnn1CCc1ccccc1. The number of hydrogen-bond donors (Lipinski definition) is 1. The summed E-state index contributed by atoms with van der Waals surface area (Å²) < 4.78 is 1.79. The van der Waals surface area contributed by atoms with Crippen molar-refractivity contribution in [3.63, 3.8) is 0 Å². The van der Waals surface area contributed by atoms with E-state index in [2.05, 4.69) is 27.5 Å². The van der Waals surface area contributed by atoms with Crippen LogP contribution in [-0.4, -0.2) is 20.7 Å². The molecule has 5 nitrogen and oxygen atoms in total. The number of hydrogen-bond acceptors (Lipinski definition) is 4. The van der Waals surface area contributed by atoms with Gasteiger partial charge in [-0.05, 0) is 18.1 Å². The molecule has 2 aromatic heterocycles. The van der Waals surface area contributed by atoms with Crippen molar-refractivity contribution >= 4 is 29.1 Å². The third-order valence-corrected chi connectivity index (χ3v) is 3.99. The first-order chi connectivity index (χ1) is 11.3. The second-order valence-corrected chi connectivity index (χ2v) is 5.79. The van der Waals surface area contributed by atoms with Crippen LogP contribution in [0, 0.1) is 0 Å². The normalized spacial score (nSPS) is 11.0. The summed E-state index contributed by atoms with van der Waals surface area (Å²) in [6.07, 6.45) is 7.43. The van der Waals surface area contributed by atoms with Crippen LogP contribution in [-0.2, 0) is 17.8 Å². The van der Waals surface area contributed by atoms with Crippen molar-refractivity contribution in [1.82, 2.24) is 14.8 Å². The topological polar surface area (TPSA) is 59.8 Å². The smallest absolute Gasteiger partial charge is 0.249 e. The summed E-state index contributed by atoms with van der Waals surface area (Å²) in [4.78, 5) is 16.1. The Morgan fingerprint density at radius 2 is 2.09 bits per heavy atom. The summed E-state index contributed by atoms with van der Waals surface area (Å²) in [7, 11) is 0. The number of anilines is 1. The predicted molar refractivity (Wildman–Crippen MR) is 92.2 cm³/mol. The van der Waals surface area contributed by atoms with Gasteiger partial charge in [0.2, 0.25) is 5.91 Å². The molecule has 116 valence electrons. The quantitative estimate of drug-likeness (QED) is 0.708. The van der Waals surface area contributed by atoms with Crippen LogP contribution < -0.4 is 5.32 Å². The predicted octanol–water partition coefficient (Wildman–Crippen LogP) is 3.23. The van der Waals surface area contributed by atoms with E-state index in [1.54, 1.807) is 29.2 Å². The van der Waals surface area contributed by atoms with Crippen LogP contribution in [0.25, 0.3) is 6.08 Å². The minimum Gasteiger partial charge on any atom is -0.307 e. The average molecular weight is 324 g/mol. The Labute approximate surface area is 138 Å². The first-order valence-electron chi connectivity index (χ1n) is 7.25. The van der Waals surface area contributed by atoms with Gasteiger partial charge in [0.1, 0.15) is 10.8 Å². The van der Waals surface area contributed by atoms with Crippen LogP contribution in [0.5, 0.6) is 0 Å². The van der Waals surface area contributed by atoms with Crippen molar-refractivity contribution in [2.45, 2.75) is 13.0 Å². The fourth-order valence-corrected chi connectivity index (χ4v) is 2.66. The zero-order valence-electron chi connectivity index (χ0n) is 12.4. The van der Waals surface area contributed by atoms with Gasteiger partial charge in [0, 0.05) is 30.3 Å². The van der Waals surface area contributed by atoms with E-state index in [0.29, 0.717) is 12.4 Å². The maximum absolute atomic E-state index is 12.0. The molecule has 1 amide bonds. The van der Waals surface area contributed by atoms with Crippen molar-refractivity contribution in [2.24, 2.45) is 0 Å². The molecule has 6 heteroatoms. The molecule has 0 aliphatic heterocycles. The molecule has 3 rings (SSSR count). The Hall–Kier alpha value is -2.73. The van der Waals surface area contributed by atoms with E-state index in [4.69, 9.17) is 0 Å². The summed E-state index contributed by atoms with van der Waals surface area (Å²) >= 11 is 1.49. The number of nitrogens with one attached hydrogen (secondary N) is 1. The molecule has 0 saturated heterocycles. The lowest BCUT2D eigenvalue weighted by molar-refractivity contribution is -0.111. The third kappa shape index (κ3) is 4.37. The molecule has 0 unspecified atom stereocenters. The van der Waals surface area contributed by atoms with E-state index in [1.165, 1.54) is 23.0 Å². The maximum atomic E-state index is 12.0. The lowest BCUT2D eigenvalue weighted by atomic mass is 10.1. The van der Waals surface area contributed by atoms with E-state index in [9.17, 15) is 4.79 Å². The highest BCUT2D eigenvalue weighted by molar-refractivity contribution is 7.10. The molecule has 0 aliphatic carbocycles. The van der Waals surface area contributed by atoms with Gasteiger partial charge in [0.25, 0.3) is 0 Å². The third-order valence-electron chi connectivity index (χ3n) is 3.25. The van der Waals surface area contributed by atoms with Crippen LogP contribution in [0.3, 0.4) is 0 Å². The van der Waals surface area contributed by atoms with Gasteiger partial charge in [-0.2, -0.15) is 5.10 Å². The molecule has 0 spiro atoms. The molecule has 0 bridgehead atoms. The van der Waals surface area contributed by atoms with Gasteiger partial charge in [-0.15, -0.1) is 11.3 Å². The first kappa shape index (κ1) is 15.2. The lowest BCUT2D eigenvalue weighted by Gasteiger charge is -2.07. The number of aryl methyl sites for hydroxylation is 2. The fourth-order valence-electron chi connectivity index (χ4n) is 2.13. The standard InChI is InChI=1S/C17H16N4OS/c22-16(6-7-17-18-11-13-23-17)20-15-8-10-19-21(15)12-9-14-4-2-1-3-5-14/h1-8,10-11,13H,9,12H2,(H,20,22). The van der Waals surface area contributed by atoms with Crippen LogP contribution >= 0.6 is 11.3 Å². The Morgan fingerprint density at radius 3 is 2.87 bits per heavy atom. The van der Waals surface area contributed by atoms with Crippen molar-refractivity contribution in [2.75, 3.05) is 5.32 Å². The van der Waals surface area contributed by atoms with E-state index in [-0.39, 0.29) is 5.91 Å². The van der Waals surface area contributed by atoms with E-state index in [0.717, 1.165) is 11.4 Å². The first-order valence-corrected chi connectivity index (χ1v) is 8.13. The van der Waals surface area contributed by atoms with Crippen LogP contribution in [0.2, 0.25) is 0 Å². The maximum Gasteiger partial charge on any atom is 0.249 e. The van der Waals surface area contributed by atoms with Gasteiger partial charge in [0.15, 0.2) is 0 Å². The molecule has 3 aromatic rings. The molecule has 0 fully saturated rings. The number of rotatable bonds is 6. The van der Waals surface area contributed by atoms with Crippen LogP contribution in [0.15, 0.2) is 60.2 Å². The number of benzene rings is 1. The van der Waals surface area contributed by atoms with E-state index < -0.39 is 0 Å². The van der Waals surface area contributed by atoms with Gasteiger partial charge in [-0.3, -0.25) is 4.79 Å². The van der Waals surface area contributed by atoms with Crippen LogP contribution in [0.4, 0.5) is 5.82 Å². The van der Waals surface area contributed by atoms with Crippen molar-refractivity contribution in [3.8, 4) is 0 Å². The summed E-state index contributed by atoms with van der Waals surface area (Å²) in [6, 6.07) is 12.0. The molecular weight excluding hydrogens is 308 g/mol. The Bertz CT molecular complexity index is 778. The molecular formula is C17H16N4OS. The summed E-state index contributed by atoms with van der Waals surface area (Å²) in [6.45, 7) is 0.711. The molecule has 0 saturated carbocycles. The Balaban J connectivity index is 1.58. The lowest BCUT2D eigenvalue weighted by Crippen LogP contribution is -2.14. The highest BCUT2D eigenvalue weighted by Gasteiger charge is 2.05. The molecule has 23 heavy (non-hydrogen) atoms. The Kier molecular flexibility index (Phi) is 4.95. The second kappa shape index (κ2) is 7.51. The molecule has 1 aromatic carbocycles. The van der Waals surface area contributed by atoms with E-state index in [1.807, 2.05) is 23.6 Å². The minimum absolute atomic E-state index is 0.193. The van der Waals surface area contributed by atoms with Gasteiger partial charge in [0.05, 0.1) is 6.20 Å². The monoisotopic (exact) mass is 324 g/mol. The number of aromatic nitrogens is 3. The number of carbonyl (C=O) groups excluding carboxylic acids is 1. The number of thiazole rings is 1. The highest BCUT2D eigenvalue weighted by Crippen LogP contribution is 2.10. The van der Waals surface area contributed by atoms with Gasteiger partial charge >= 0.3 is 0 Å². The summed E-state index contributed by atoms with van der Waals surface area (Å²) in [5.74, 6) is 0.497. The van der Waals surface area contributed by atoms with Gasteiger partial charge < -0.3 is 5.32 Å². The Morgan fingerprint density at radius 1 is 1.22 bits per heavy atom. The van der Waals surface area contributed by atoms with Gasteiger partial charge in [-0.1, -0.05) is 30.3 Å². The molecule has 2 heterocycles. The molecule has 1 N–H and O–H groups in total. The summed E-state index contributed by atoms with van der Waals surface area (Å²) in [5.41, 5.74) is 1.24. The molecule has 0 aliphatic rings. The minimum atomic E-state index is -0.193. The molecule has 0 atom stereocenters. The highest BCUT2D eigenvalue weighted by atomic mass is 32.1. The number of nitrogens with zero attached hydrogens (tertiary/aromatic N) is 3. The van der Waals surface area contributed by atoms with Gasteiger partial charge in [-0.25, -0.2) is 9.67 Å². The zero-order chi connectivity index (χ0) is 15.9.